The standard InChI is InChI=1S/C42H32F6N2/c1-29-13-19-35(20-14-29)49(33-9-5-3-6-10-33)37-23-25-38(26-24-37)50(34-11-7-4-8-12-34)36-21-16-31(17-22-36)15-18-32-28-39(41(43,44)45)30(2)27-40(32)42(46,47)48/h3-28H,1-2H3/b18-15-. The van der Waals surface area contributed by atoms with Crippen LogP contribution in [0, 0.1) is 13.8 Å². The van der Waals surface area contributed by atoms with E-state index in [9.17, 15) is 26.3 Å². The Morgan fingerprint density at radius 2 is 0.800 bits per heavy atom. The highest BCUT2D eigenvalue weighted by molar-refractivity contribution is 5.82. The molecule has 0 radical (unpaired) electrons. The van der Waals surface area contributed by atoms with Gasteiger partial charge in [0.2, 0.25) is 0 Å². The minimum atomic E-state index is -4.82. The van der Waals surface area contributed by atoms with E-state index in [2.05, 4.69) is 41.3 Å². The van der Waals surface area contributed by atoms with Crippen LogP contribution in [0.1, 0.15) is 33.4 Å². The van der Waals surface area contributed by atoms with E-state index in [1.807, 2.05) is 96.8 Å². The molecule has 0 aliphatic heterocycles. The molecule has 0 aromatic heterocycles. The summed E-state index contributed by atoms with van der Waals surface area (Å²) in [7, 11) is 0. The maximum absolute atomic E-state index is 13.8. The molecule has 6 rings (SSSR count). The number of anilines is 6. The van der Waals surface area contributed by atoms with E-state index in [1.54, 1.807) is 12.1 Å². The highest BCUT2D eigenvalue weighted by atomic mass is 19.4. The highest BCUT2D eigenvalue weighted by Gasteiger charge is 2.38. The minimum absolute atomic E-state index is 0.483. The number of nitrogens with zero attached hydrogens (tertiary/aromatic N) is 2. The number of halogens is 6. The lowest BCUT2D eigenvalue weighted by molar-refractivity contribution is -0.141. The van der Waals surface area contributed by atoms with E-state index in [1.165, 1.54) is 6.08 Å². The Morgan fingerprint density at radius 1 is 0.420 bits per heavy atom. The molecule has 6 aromatic carbocycles. The summed E-state index contributed by atoms with van der Waals surface area (Å²) in [5, 5.41) is 0. The molecule has 50 heavy (non-hydrogen) atoms. The maximum Gasteiger partial charge on any atom is 0.416 e. The third-order valence-electron chi connectivity index (χ3n) is 8.30. The third kappa shape index (κ3) is 7.60. The van der Waals surface area contributed by atoms with Crippen LogP contribution in [0.5, 0.6) is 0 Å². The van der Waals surface area contributed by atoms with Crippen molar-refractivity contribution in [1.82, 2.24) is 0 Å². The van der Waals surface area contributed by atoms with Crippen LogP contribution in [0.15, 0.2) is 146 Å². The fourth-order valence-electron chi connectivity index (χ4n) is 5.83. The van der Waals surface area contributed by atoms with E-state index in [0.29, 0.717) is 17.7 Å². The molecule has 0 aliphatic carbocycles. The molecular weight excluding hydrogens is 646 g/mol. The Morgan fingerprint density at radius 3 is 1.22 bits per heavy atom. The second kappa shape index (κ2) is 14.0. The molecule has 0 unspecified atom stereocenters. The molecule has 8 heteroatoms. The quantitative estimate of drug-likeness (QED) is 0.117. The zero-order valence-electron chi connectivity index (χ0n) is 27.2. The van der Waals surface area contributed by atoms with Gasteiger partial charge in [0.25, 0.3) is 0 Å². The van der Waals surface area contributed by atoms with Crippen LogP contribution in [0.4, 0.5) is 60.5 Å². The van der Waals surface area contributed by atoms with Gasteiger partial charge in [-0.2, -0.15) is 26.3 Å². The zero-order chi connectivity index (χ0) is 35.5. The Bertz CT molecular complexity index is 2070. The van der Waals surface area contributed by atoms with Gasteiger partial charge in [-0.05, 0) is 115 Å². The van der Waals surface area contributed by atoms with E-state index in [0.717, 1.165) is 52.7 Å². The normalized spacial score (nSPS) is 11.9. The summed E-state index contributed by atoms with van der Waals surface area (Å²) >= 11 is 0. The smallest absolute Gasteiger partial charge is 0.311 e. The molecule has 0 amide bonds. The largest absolute Gasteiger partial charge is 0.416 e. The van der Waals surface area contributed by atoms with Gasteiger partial charge in [-0.3, -0.25) is 0 Å². The lowest BCUT2D eigenvalue weighted by Gasteiger charge is -2.28. The molecule has 6 aromatic rings. The Balaban J connectivity index is 1.34. The lowest BCUT2D eigenvalue weighted by atomic mass is 9.97. The van der Waals surface area contributed by atoms with Crippen molar-refractivity contribution < 1.29 is 26.3 Å². The van der Waals surface area contributed by atoms with Crippen LogP contribution in [-0.2, 0) is 12.4 Å². The fraction of sp³-hybridized carbons (Fsp3) is 0.0952. The highest BCUT2D eigenvalue weighted by Crippen LogP contribution is 2.41. The van der Waals surface area contributed by atoms with Gasteiger partial charge in [0.05, 0.1) is 11.1 Å². The molecule has 2 nitrogen and oxygen atoms in total. The summed E-state index contributed by atoms with van der Waals surface area (Å²) in [6.45, 7) is 3.08. The summed E-state index contributed by atoms with van der Waals surface area (Å²) in [5.41, 5.74) is 3.94. The monoisotopic (exact) mass is 678 g/mol. The fourth-order valence-corrected chi connectivity index (χ4v) is 5.83. The van der Waals surface area contributed by atoms with Crippen molar-refractivity contribution in [2.24, 2.45) is 0 Å². The molecule has 252 valence electrons. The van der Waals surface area contributed by atoms with Crippen LogP contribution in [0.2, 0.25) is 0 Å². The molecule has 0 bridgehead atoms. The van der Waals surface area contributed by atoms with Crippen molar-refractivity contribution in [2.45, 2.75) is 26.2 Å². The van der Waals surface area contributed by atoms with Crippen molar-refractivity contribution in [2.75, 3.05) is 9.80 Å². The molecule has 0 N–H and O–H groups in total. The zero-order valence-corrected chi connectivity index (χ0v) is 27.2. The van der Waals surface area contributed by atoms with E-state index in [4.69, 9.17) is 0 Å². The maximum atomic E-state index is 13.8. The average molecular weight is 679 g/mol. The number of hydrogen-bond acceptors (Lipinski definition) is 2. The number of rotatable bonds is 8. The Labute approximate surface area is 287 Å². The molecule has 0 heterocycles. The van der Waals surface area contributed by atoms with Gasteiger partial charge in [-0.15, -0.1) is 0 Å². The van der Waals surface area contributed by atoms with Gasteiger partial charge in [0.1, 0.15) is 0 Å². The molecule has 0 aliphatic rings. The number of aryl methyl sites for hydroxylation is 2. The van der Waals surface area contributed by atoms with Crippen molar-refractivity contribution in [3.63, 3.8) is 0 Å². The van der Waals surface area contributed by atoms with Crippen molar-refractivity contribution in [3.8, 4) is 0 Å². The van der Waals surface area contributed by atoms with E-state index >= 15 is 0 Å². The van der Waals surface area contributed by atoms with Crippen LogP contribution in [0.25, 0.3) is 12.2 Å². The van der Waals surface area contributed by atoms with Crippen molar-refractivity contribution >= 4 is 46.3 Å². The molecule has 0 atom stereocenters. The summed E-state index contributed by atoms with van der Waals surface area (Å²) in [4.78, 5) is 4.22. The first-order valence-electron chi connectivity index (χ1n) is 15.8. The molecule has 0 saturated carbocycles. The predicted molar refractivity (Wildman–Crippen MR) is 191 cm³/mol. The Kier molecular flexibility index (Phi) is 9.55. The lowest BCUT2D eigenvalue weighted by Crippen LogP contribution is -2.13. The van der Waals surface area contributed by atoms with Gasteiger partial charge in [-0.1, -0.05) is 78.4 Å². The van der Waals surface area contributed by atoms with E-state index in [-0.39, 0.29) is 0 Å². The van der Waals surface area contributed by atoms with Gasteiger partial charge < -0.3 is 9.80 Å². The topological polar surface area (TPSA) is 6.48 Å². The van der Waals surface area contributed by atoms with Crippen LogP contribution in [0.3, 0.4) is 0 Å². The molecule has 0 fully saturated rings. The SMILES string of the molecule is Cc1ccc(N(c2ccccc2)c2ccc(N(c3ccccc3)c3ccc(/C=C\c4cc(C(F)(F)F)c(C)cc4C(F)(F)F)cc3)cc2)cc1. The average Bonchev–Trinajstić information content (AvgIpc) is 3.10. The van der Waals surface area contributed by atoms with Crippen LogP contribution >= 0.6 is 0 Å². The second-order valence-electron chi connectivity index (χ2n) is 11.9. The van der Waals surface area contributed by atoms with E-state index < -0.39 is 34.6 Å². The number of benzene rings is 6. The first-order chi connectivity index (χ1) is 23.9. The minimum Gasteiger partial charge on any atom is -0.311 e. The molecule has 0 saturated heterocycles. The summed E-state index contributed by atoms with van der Waals surface area (Å²) in [6.07, 6.45) is -7.14. The number of alkyl halides is 6. The van der Waals surface area contributed by atoms with Gasteiger partial charge in [0.15, 0.2) is 0 Å². The second-order valence-corrected chi connectivity index (χ2v) is 11.9. The predicted octanol–water partition coefficient (Wildman–Crippen LogP) is 13.5. The number of hydrogen-bond donors (Lipinski definition) is 0. The summed E-state index contributed by atoms with van der Waals surface area (Å²) in [5.74, 6) is 0. The first kappa shape index (κ1) is 34.1. The van der Waals surface area contributed by atoms with Crippen LogP contribution in [-0.4, -0.2) is 0 Å². The van der Waals surface area contributed by atoms with Gasteiger partial charge in [-0.25, -0.2) is 0 Å². The van der Waals surface area contributed by atoms with Gasteiger partial charge in [0, 0.05) is 34.1 Å². The number of para-hydroxylation sites is 2. The van der Waals surface area contributed by atoms with Crippen LogP contribution < -0.4 is 9.80 Å². The molecule has 0 spiro atoms. The summed E-state index contributed by atoms with van der Waals surface area (Å²) in [6, 6.07) is 44.4. The Hall–Kier alpha value is -5.76. The van der Waals surface area contributed by atoms with Crippen molar-refractivity contribution in [1.29, 1.82) is 0 Å². The first-order valence-corrected chi connectivity index (χ1v) is 15.8. The summed E-state index contributed by atoms with van der Waals surface area (Å²) < 4.78 is 82.0. The molecular formula is C42H32F6N2. The third-order valence-corrected chi connectivity index (χ3v) is 8.30. The van der Waals surface area contributed by atoms with Crippen molar-refractivity contribution in [3.05, 3.63) is 179 Å². The van der Waals surface area contributed by atoms with Gasteiger partial charge >= 0.3 is 12.4 Å².